The van der Waals surface area contributed by atoms with Crippen molar-refractivity contribution < 1.29 is 17.9 Å². The van der Waals surface area contributed by atoms with Crippen LogP contribution < -0.4 is 14.5 Å². The van der Waals surface area contributed by atoms with Crippen LogP contribution in [-0.2, 0) is 14.8 Å². The van der Waals surface area contributed by atoms with Crippen LogP contribution in [0.15, 0.2) is 88.9 Å². The van der Waals surface area contributed by atoms with Gasteiger partial charge in [0.05, 0.1) is 23.9 Å². The molecule has 4 rings (SSSR count). The van der Waals surface area contributed by atoms with E-state index in [1.807, 2.05) is 55.7 Å². The van der Waals surface area contributed by atoms with E-state index in [0.29, 0.717) is 16.5 Å². The van der Waals surface area contributed by atoms with E-state index in [0.717, 1.165) is 32.5 Å². The second-order valence-corrected chi connectivity index (χ2v) is 11.3. The fourth-order valence-electron chi connectivity index (χ4n) is 4.19. The normalized spacial score (nSPS) is 11.5. The molecule has 0 aliphatic carbocycles. The molecule has 0 spiro atoms. The number of aromatic nitrogens is 1. The summed E-state index contributed by atoms with van der Waals surface area (Å²) in [5.74, 6) is -0.140. The van der Waals surface area contributed by atoms with Gasteiger partial charge in [-0.05, 0) is 69.3 Å². The first-order valence-corrected chi connectivity index (χ1v) is 13.9. The number of nitrogens with zero attached hydrogens (tertiary/aromatic N) is 3. The molecule has 0 saturated heterocycles. The molecular weight excluding hydrogens is 536 g/mol. The van der Waals surface area contributed by atoms with E-state index in [9.17, 15) is 13.2 Å². The first-order valence-electron chi connectivity index (χ1n) is 12.1. The number of aryl methyl sites for hydroxylation is 2. The molecule has 1 amide bonds. The maximum absolute atomic E-state index is 13.6. The monoisotopic (exact) mass is 564 g/mol. The van der Waals surface area contributed by atoms with Crippen molar-refractivity contribution in [2.24, 2.45) is 5.10 Å². The average Bonchev–Trinajstić information content (AvgIpc) is 3.19. The number of benzene rings is 3. The molecule has 0 aliphatic heterocycles. The third-order valence-corrected chi connectivity index (χ3v) is 8.19. The summed E-state index contributed by atoms with van der Waals surface area (Å²) in [6.07, 6.45) is 1.53. The number of rotatable bonds is 9. The highest BCUT2D eigenvalue weighted by molar-refractivity contribution is 7.92. The molecule has 0 atom stereocenters. The lowest BCUT2D eigenvalue weighted by Crippen LogP contribution is -2.39. The maximum Gasteiger partial charge on any atom is 0.264 e. The molecule has 0 saturated carbocycles. The van der Waals surface area contributed by atoms with E-state index in [4.69, 9.17) is 16.3 Å². The molecule has 0 bridgehead atoms. The summed E-state index contributed by atoms with van der Waals surface area (Å²) in [4.78, 5) is 13.0. The number of amides is 1. The Bertz CT molecular complexity index is 1630. The van der Waals surface area contributed by atoms with Crippen LogP contribution in [0.25, 0.3) is 5.69 Å². The predicted molar refractivity (Wildman–Crippen MR) is 155 cm³/mol. The van der Waals surface area contributed by atoms with Gasteiger partial charge >= 0.3 is 0 Å². The maximum atomic E-state index is 13.6. The van der Waals surface area contributed by atoms with Gasteiger partial charge in [-0.2, -0.15) is 5.10 Å². The van der Waals surface area contributed by atoms with Gasteiger partial charge in [0.15, 0.2) is 0 Å². The molecule has 8 nitrogen and oxygen atoms in total. The second kappa shape index (κ2) is 11.8. The molecule has 0 radical (unpaired) electrons. The van der Waals surface area contributed by atoms with Gasteiger partial charge in [-0.1, -0.05) is 41.4 Å². The second-order valence-electron chi connectivity index (χ2n) is 8.96. The summed E-state index contributed by atoms with van der Waals surface area (Å²) in [5.41, 5.74) is 7.26. The SMILES string of the molecule is COc1cccc(N(CC(=O)N/N=C\c2cc(C)n(-c3cccc(Cl)c3)c2C)S(=O)(=O)c2ccc(C)cc2)c1. The van der Waals surface area contributed by atoms with Gasteiger partial charge in [-0.3, -0.25) is 9.10 Å². The van der Waals surface area contributed by atoms with E-state index < -0.39 is 22.5 Å². The number of hydrazone groups is 1. The minimum Gasteiger partial charge on any atom is -0.497 e. The third-order valence-electron chi connectivity index (χ3n) is 6.17. The first kappa shape index (κ1) is 27.9. The molecule has 1 aromatic heterocycles. The van der Waals surface area contributed by atoms with Crippen molar-refractivity contribution >= 4 is 39.4 Å². The average molecular weight is 565 g/mol. The fraction of sp³-hybridized carbons (Fsp3) is 0.172. The van der Waals surface area contributed by atoms with Crippen molar-refractivity contribution in [3.63, 3.8) is 0 Å². The van der Waals surface area contributed by atoms with Gasteiger partial charge in [0.2, 0.25) is 0 Å². The summed E-state index contributed by atoms with van der Waals surface area (Å²) in [6.45, 7) is 5.29. The Morgan fingerprint density at radius 3 is 2.44 bits per heavy atom. The minimum absolute atomic E-state index is 0.0701. The molecule has 4 aromatic rings. The summed E-state index contributed by atoms with van der Waals surface area (Å²) in [6, 6.07) is 22.4. The van der Waals surface area contributed by atoms with Crippen molar-refractivity contribution in [2.75, 3.05) is 18.0 Å². The van der Waals surface area contributed by atoms with E-state index in [-0.39, 0.29) is 4.90 Å². The van der Waals surface area contributed by atoms with Crippen LogP contribution in [0, 0.1) is 20.8 Å². The Balaban J connectivity index is 1.57. The number of anilines is 1. The standard InChI is InChI=1S/C29H29ClN4O4S/c1-20-11-13-28(14-12-20)39(36,37)33(25-8-6-10-27(17-25)38-4)19-29(35)32-31-18-23-15-21(2)34(22(23)3)26-9-5-7-24(30)16-26/h5-18H,19H2,1-4H3,(H,32,35)/b31-18-. The Hall–Kier alpha value is -4.08. The number of halogens is 1. The number of hydrogen-bond acceptors (Lipinski definition) is 5. The minimum atomic E-state index is -4.06. The zero-order valence-electron chi connectivity index (χ0n) is 22.1. The first-order chi connectivity index (χ1) is 18.6. The Morgan fingerprint density at radius 1 is 1.03 bits per heavy atom. The molecule has 0 unspecified atom stereocenters. The lowest BCUT2D eigenvalue weighted by molar-refractivity contribution is -0.119. The van der Waals surface area contributed by atoms with E-state index in [2.05, 4.69) is 10.5 Å². The van der Waals surface area contributed by atoms with Gasteiger partial charge in [-0.15, -0.1) is 0 Å². The van der Waals surface area contributed by atoms with Crippen LogP contribution in [0.3, 0.4) is 0 Å². The van der Waals surface area contributed by atoms with Gasteiger partial charge in [-0.25, -0.2) is 13.8 Å². The number of ether oxygens (including phenoxy) is 1. The highest BCUT2D eigenvalue weighted by Crippen LogP contribution is 2.27. The molecule has 1 N–H and O–H groups in total. The number of methoxy groups -OCH3 is 1. The third kappa shape index (κ3) is 6.32. The molecule has 202 valence electrons. The zero-order valence-corrected chi connectivity index (χ0v) is 23.6. The fourth-order valence-corrected chi connectivity index (χ4v) is 5.79. The van der Waals surface area contributed by atoms with Gasteiger partial charge < -0.3 is 9.30 Å². The van der Waals surface area contributed by atoms with Crippen molar-refractivity contribution in [3.05, 3.63) is 106 Å². The molecular formula is C29H29ClN4O4S. The van der Waals surface area contributed by atoms with Gasteiger partial charge in [0, 0.05) is 33.7 Å². The Kier molecular flexibility index (Phi) is 8.42. The van der Waals surface area contributed by atoms with Crippen LogP contribution in [0.1, 0.15) is 22.5 Å². The lowest BCUT2D eigenvalue weighted by atomic mass is 10.2. The molecule has 10 heteroatoms. The van der Waals surface area contributed by atoms with Crippen molar-refractivity contribution in [3.8, 4) is 11.4 Å². The smallest absolute Gasteiger partial charge is 0.264 e. The number of carbonyl (C=O) groups excluding carboxylic acids is 1. The van der Waals surface area contributed by atoms with Crippen molar-refractivity contribution in [2.45, 2.75) is 25.7 Å². The van der Waals surface area contributed by atoms with Crippen molar-refractivity contribution in [1.29, 1.82) is 0 Å². The number of nitrogens with one attached hydrogen (secondary N) is 1. The predicted octanol–water partition coefficient (Wildman–Crippen LogP) is 5.41. The Morgan fingerprint density at radius 2 is 1.74 bits per heavy atom. The molecule has 0 aliphatic rings. The molecule has 39 heavy (non-hydrogen) atoms. The summed E-state index contributed by atoms with van der Waals surface area (Å²) in [5, 5.41) is 4.73. The van der Waals surface area contributed by atoms with Crippen molar-refractivity contribution in [1.82, 2.24) is 9.99 Å². The van der Waals surface area contributed by atoms with Crippen LogP contribution in [0.5, 0.6) is 5.75 Å². The number of carbonyl (C=O) groups is 1. The van der Waals surface area contributed by atoms with E-state index in [1.165, 1.54) is 25.5 Å². The zero-order chi connectivity index (χ0) is 28.2. The van der Waals surface area contributed by atoms with Crippen LogP contribution in [-0.4, -0.2) is 38.8 Å². The summed E-state index contributed by atoms with van der Waals surface area (Å²) < 4.78 is 35.5. The molecule has 1 heterocycles. The largest absolute Gasteiger partial charge is 0.497 e. The van der Waals surface area contributed by atoms with E-state index >= 15 is 0 Å². The molecule has 3 aromatic carbocycles. The van der Waals surface area contributed by atoms with Gasteiger partial charge in [0.1, 0.15) is 12.3 Å². The quantitative estimate of drug-likeness (QED) is 0.217. The van der Waals surface area contributed by atoms with Crippen LogP contribution in [0.4, 0.5) is 5.69 Å². The number of sulfonamides is 1. The summed E-state index contributed by atoms with van der Waals surface area (Å²) in [7, 11) is -2.57. The number of hydrogen-bond donors (Lipinski definition) is 1. The van der Waals surface area contributed by atoms with E-state index in [1.54, 1.807) is 36.4 Å². The topological polar surface area (TPSA) is 93.0 Å². The highest BCUT2D eigenvalue weighted by Gasteiger charge is 2.27. The summed E-state index contributed by atoms with van der Waals surface area (Å²) >= 11 is 6.16. The molecule has 0 fully saturated rings. The Labute approximate surface area is 233 Å². The van der Waals surface area contributed by atoms with Crippen LogP contribution >= 0.6 is 11.6 Å². The van der Waals surface area contributed by atoms with Gasteiger partial charge in [0.25, 0.3) is 15.9 Å². The lowest BCUT2D eigenvalue weighted by Gasteiger charge is -2.24. The van der Waals surface area contributed by atoms with Crippen LogP contribution in [0.2, 0.25) is 5.02 Å². The highest BCUT2D eigenvalue weighted by atomic mass is 35.5.